The number of benzene rings is 1. The van der Waals surface area contributed by atoms with Crippen molar-refractivity contribution in [3.8, 4) is 11.5 Å². The zero-order valence-corrected chi connectivity index (χ0v) is 12.5. The first kappa shape index (κ1) is 13.0. The predicted octanol–water partition coefficient (Wildman–Crippen LogP) is 3.07. The zero-order chi connectivity index (χ0) is 14.2. The van der Waals surface area contributed by atoms with Gasteiger partial charge in [-0.1, -0.05) is 0 Å². The minimum Gasteiger partial charge on any atom is -0.486 e. The van der Waals surface area contributed by atoms with Crippen molar-refractivity contribution in [2.75, 3.05) is 37.1 Å². The molecule has 110 valence electrons. The number of aromatic nitrogens is 1. The summed E-state index contributed by atoms with van der Waals surface area (Å²) in [5.74, 6) is 3.94. The van der Waals surface area contributed by atoms with Crippen molar-refractivity contribution in [2.24, 2.45) is 5.92 Å². The van der Waals surface area contributed by atoms with Crippen molar-refractivity contribution in [3.05, 3.63) is 24.4 Å². The lowest BCUT2D eigenvalue weighted by Gasteiger charge is -2.22. The Hall–Kier alpha value is -1.68. The number of halogens is 1. The molecule has 1 unspecified atom stereocenters. The highest BCUT2D eigenvalue weighted by Crippen LogP contribution is 2.38. The summed E-state index contributed by atoms with van der Waals surface area (Å²) in [5.41, 5.74) is 0. The van der Waals surface area contributed by atoms with E-state index < -0.39 is 0 Å². The third-order valence-corrected chi connectivity index (χ3v) is 4.65. The number of fused-ring (bicyclic) bond motifs is 2. The number of pyridine rings is 1. The number of alkyl halides is 1. The molecular formula is C16H17ClN2O2. The van der Waals surface area contributed by atoms with E-state index >= 15 is 0 Å². The van der Waals surface area contributed by atoms with Gasteiger partial charge in [-0.25, -0.2) is 4.98 Å². The van der Waals surface area contributed by atoms with E-state index in [1.54, 1.807) is 0 Å². The van der Waals surface area contributed by atoms with Crippen LogP contribution in [0.5, 0.6) is 11.5 Å². The summed E-state index contributed by atoms with van der Waals surface area (Å²) in [7, 11) is 0. The molecule has 2 aromatic rings. The van der Waals surface area contributed by atoms with E-state index in [9.17, 15) is 0 Å². The molecular weight excluding hydrogens is 288 g/mol. The summed E-state index contributed by atoms with van der Waals surface area (Å²) in [6, 6.07) is 6.12. The molecule has 1 aromatic carbocycles. The maximum atomic E-state index is 5.99. The molecule has 0 radical (unpaired) electrons. The fourth-order valence-electron chi connectivity index (χ4n) is 3.10. The third-order valence-electron chi connectivity index (χ3n) is 4.21. The van der Waals surface area contributed by atoms with Crippen molar-refractivity contribution in [3.63, 3.8) is 0 Å². The summed E-state index contributed by atoms with van der Waals surface area (Å²) in [5, 5.41) is 2.26. The Morgan fingerprint density at radius 3 is 2.81 bits per heavy atom. The van der Waals surface area contributed by atoms with Crippen molar-refractivity contribution >= 4 is 28.2 Å². The molecule has 3 heterocycles. The Bertz CT molecular complexity index is 677. The van der Waals surface area contributed by atoms with E-state index in [2.05, 4.69) is 16.0 Å². The fraction of sp³-hybridized carbons (Fsp3) is 0.438. The standard InChI is InChI=1S/C16H17ClN2O2/c17-9-11-2-4-19(10-11)16-13-8-15-14(20-5-6-21-15)7-12(13)1-3-18-16/h1,3,7-8,11H,2,4-6,9-10H2. The number of ether oxygens (including phenoxy) is 2. The largest absolute Gasteiger partial charge is 0.486 e. The van der Waals surface area contributed by atoms with Gasteiger partial charge in [-0.05, 0) is 35.9 Å². The highest BCUT2D eigenvalue weighted by Gasteiger charge is 2.24. The first-order chi connectivity index (χ1) is 10.3. The van der Waals surface area contributed by atoms with Crippen LogP contribution in [0.15, 0.2) is 24.4 Å². The normalized spacial score (nSPS) is 21.0. The second kappa shape index (κ2) is 5.26. The van der Waals surface area contributed by atoms with Crippen molar-refractivity contribution in [1.29, 1.82) is 0 Å². The molecule has 2 aliphatic heterocycles. The molecule has 1 aromatic heterocycles. The molecule has 0 aliphatic carbocycles. The van der Waals surface area contributed by atoms with Crippen LogP contribution in [0.2, 0.25) is 0 Å². The highest BCUT2D eigenvalue weighted by molar-refractivity contribution is 6.18. The van der Waals surface area contributed by atoms with E-state index in [1.165, 1.54) is 0 Å². The summed E-state index contributed by atoms with van der Waals surface area (Å²) in [6.07, 6.45) is 2.99. The number of rotatable bonds is 2. The molecule has 1 atom stereocenters. The first-order valence-electron chi connectivity index (χ1n) is 7.34. The maximum Gasteiger partial charge on any atom is 0.162 e. The van der Waals surface area contributed by atoms with Crippen LogP contribution in [-0.4, -0.2) is 37.2 Å². The minimum absolute atomic E-state index is 0.556. The van der Waals surface area contributed by atoms with Gasteiger partial charge in [0, 0.05) is 30.6 Å². The second-order valence-corrected chi connectivity index (χ2v) is 5.92. The SMILES string of the molecule is ClCC1CCN(c2nccc3cc4c(cc23)OCCO4)C1. The Labute approximate surface area is 128 Å². The molecule has 0 saturated carbocycles. The zero-order valence-electron chi connectivity index (χ0n) is 11.7. The summed E-state index contributed by atoms with van der Waals surface area (Å²) < 4.78 is 11.4. The average molecular weight is 305 g/mol. The number of nitrogens with zero attached hydrogens (tertiary/aromatic N) is 2. The molecule has 2 aliphatic rings. The Kier molecular flexibility index (Phi) is 3.26. The van der Waals surface area contributed by atoms with Gasteiger partial charge in [0.1, 0.15) is 19.0 Å². The van der Waals surface area contributed by atoms with E-state index in [-0.39, 0.29) is 0 Å². The molecule has 4 rings (SSSR count). The van der Waals surface area contributed by atoms with Crippen LogP contribution < -0.4 is 14.4 Å². The molecule has 1 fully saturated rings. The van der Waals surface area contributed by atoms with Gasteiger partial charge in [0.05, 0.1) is 0 Å². The molecule has 0 amide bonds. The molecule has 4 nitrogen and oxygen atoms in total. The molecule has 0 bridgehead atoms. The minimum atomic E-state index is 0.556. The molecule has 0 spiro atoms. The second-order valence-electron chi connectivity index (χ2n) is 5.61. The van der Waals surface area contributed by atoms with Gasteiger partial charge in [0.25, 0.3) is 0 Å². The van der Waals surface area contributed by atoms with Crippen LogP contribution >= 0.6 is 11.6 Å². The van der Waals surface area contributed by atoms with Crippen molar-refractivity contribution in [2.45, 2.75) is 6.42 Å². The van der Waals surface area contributed by atoms with E-state index in [0.29, 0.717) is 25.0 Å². The quantitative estimate of drug-likeness (QED) is 0.799. The van der Waals surface area contributed by atoms with Crippen LogP contribution in [0.4, 0.5) is 5.82 Å². The molecule has 0 N–H and O–H groups in total. The number of hydrogen-bond donors (Lipinski definition) is 0. The van der Waals surface area contributed by atoms with Gasteiger partial charge >= 0.3 is 0 Å². The fourth-order valence-corrected chi connectivity index (χ4v) is 3.35. The summed E-state index contributed by atoms with van der Waals surface area (Å²) in [6.45, 7) is 3.20. The van der Waals surface area contributed by atoms with Gasteiger partial charge in [-0.15, -0.1) is 11.6 Å². The number of hydrogen-bond acceptors (Lipinski definition) is 4. The van der Waals surface area contributed by atoms with Crippen molar-refractivity contribution in [1.82, 2.24) is 4.98 Å². The third kappa shape index (κ3) is 2.27. The van der Waals surface area contributed by atoms with Crippen LogP contribution in [0, 0.1) is 5.92 Å². The monoisotopic (exact) mass is 304 g/mol. The Morgan fingerprint density at radius 1 is 1.24 bits per heavy atom. The van der Waals surface area contributed by atoms with E-state index in [0.717, 1.165) is 47.6 Å². The van der Waals surface area contributed by atoms with Gasteiger partial charge in [0.15, 0.2) is 11.5 Å². The van der Waals surface area contributed by atoms with Gasteiger partial charge in [0.2, 0.25) is 0 Å². The highest BCUT2D eigenvalue weighted by atomic mass is 35.5. The van der Waals surface area contributed by atoms with E-state index in [4.69, 9.17) is 21.1 Å². The average Bonchev–Trinajstić information content (AvgIpc) is 3.01. The van der Waals surface area contributed by atoms with E-state index in [1.807, 2.05) is 18.3 Å². The lowest BCUT2D eigenvalue weighted by Crippen LogP contribution is -2.21. The first-order valence-corrected chi connectivity index (χ1v) is 7.88. The van der Waals surface area contributed by atoms with Crippen molar-refractivity contribution < 1.29 is 9.47 Å². The molecule has 1 saturated heterocycles. The lowest BCUT2D eigenvalue weighted by atomic mass is 10.1. The maximum absolute atomic E-state index is 5.99. The van der Waals surface area contributed by atoms with Crippen LogP contribution in [-0.2, 0) is 0 Å². The van der Waals surface area contributed by atoms with Gasteiger partial charge in [-0.2, -0.15) is 0 Å². The van der Waals surface area contributed by atoms with Gasteiger partial charge in [-0.3, -0.25) is 0 Å². The smallest absolute Gasteiger partial charge is 0.162 e. The number of anilines is 1. The van der Waals surface area contributed by atoms with Crippen LogP contribution in [0.25, 0.3) is 10.8 Å². The van der Waals surface area contributed by atoms with Gasteiger partial charge < -0.3 is 14.4 Å². The summed E-state index contributed by atoms with van der Waals surface area (Å²) in [4.78, 5) is 6.92. The molecule has 21 heavy (non-hydrogen) atoms. The molecule has 5 heteroatoms. The predicted molar refractivity (Wildman–Crippen MR) is 83.8 cm³/mol. The van der Waals surface area contributed by atoms with Crippen LogP contribution in [0.1, 0.15) is 6.42 Å². The Morgan fingerprint density at radius 2 is 2.05 bits per heavy atom. The Balaban J connectivity index is 1.78. The lowest BCUT2D eigenvalue weighted by molar-refractivity contribution is 0.172. The van der Waals surface area contributed by atoms with Crippen LogP contribution in [0.3, 0.4) is 0 Å². The summed E-state index contributed by atoms with van der Waals surface area (Å²) >= 11 is 5.99. The topological polar surface area (TPSA) is 34.6 Å².